The van der Waals surface area contributed by atoms with E-state index in [-0.39, 0.29) is 0 Å². The smallest absolute Gasteiger partial charge is 0.336 e. The third-order valence-corrected chi connectivity index (χ3v) is 3.61. The van der Waals surface area contributed by atoms with E-state index in [1.807, 2.05) is 0 Å². The zero-order valence-electron chi connectivity index (χ0n) is 8.54. The molecule has 0 saturated heterocycles. The Morgan fingerprint density at radius 1 is 0.688 bits per heavy atom. The summed E-state index contributed by atoms with van der Waals surface area (Å²) in [6.07, 6.45) is 2.80. The van der Waals surface area contributed by atoms with Crippen LogP contribution in [-0.2, 0) is 25.7 Å². The summed E-state index contributed by atoms with van der Waals surface area (Å²) in [7, 11) is 0. The standard InChI is InChI=1S/C12H10O4/c13-11(14)9-5-1-2-6(5)10(12(15)16)8-4-3-7(8)9/h1-4H2,(H,13,14)(H,15,16). The Bertz CT molecular complexity index is 460. The molecule has 1 aromatic carbocycles. The maximum atomic E-state index is 11.1. The highest BCUT2D eigenvalue weighted by Gasteiger charge is 2.36. The summed E-state index contributed by atoms with van der Waals surface area (Å²) in [5.41, 5.74) is 3.78. The van der Waals surface area contributed by atoms with E-state index in [1.165, 1.54) is 0 Å². The van der Waals surface area contributed by atoms with Gasteiger partial charge in [0.1, 0.15) is 0 Å². The van der Waals surface area contributed by atoms with E-state index in [9.17, 15) is 9.59 Å². The first-order valence-corrected chi connectivity index (χ1v) is 5.27. The highest BCUT2D eigenvalue weighted by Crippen LogP contribution is 2.40. The van der Waals surface area contributed by atoms with Crippen molar-refractivity contribution in [3.05, 3.63) is 33.4 Å². The van der Waals surface area contributed by atoms with Crippen molar-refractivity contribution >= 4 is 11.9 Å². The van der Waals surface area contributed by atoms with Crippen LogP contribution in [0.3, 0.4) is 0 Å². The van der Waals surface area contributed by atoms with E-state index in [4.69, 9.17) is 10.2 Å². The fraction of sp³-hybridized carbons (Fsp3) is 0.333. The zero-order valence-corrected chi connectivity index (χ0v) is 8.54. The third kappa shape index (κ3) is 0.939. The van der Waals surface area contributed by atoms with Crippen molar-refractivity contribution in [2.45, 2.75) is 25.7 Å². The second-order valence-electron chi connectivity index (χ2n) is 4.27. The van der Waals surface area contributed by atoms with Crippen LogP contribution in [0.1, 0.15) is 43.0 Å². The highest BCUT2D eigenvalue weighted by atomic mass is 16.4. The van der Waals surface area contributed by atoms with Gasteiger partial charge in [-0.05, 0) is 47.9 Å². The lowest BCUT2D eigenvalue weighted by atomic mass is 9.70. The molecule has 0 radical (unpaired) electrons. The largest absolute Gasteiger partial charge is 0.478 e. The average molecular weight is 218 g/mol. The van der Waals surface area contributed by atoms with Gasteiger partial charge in [0.15, 0.2) is 0 Å². The SMILES string of the molecule is O=C(O)c1c2c(c(C(=O)O)c3c1CC3)CC2. The molecule has 3 rings (SSSR count). The van der Waals surface area contributed by atoms with Crippen LogP contribution in [0.2, 0.25) is 0 Å². The fourth-order valence-electron chi connectivity index (χ4n) is 2.73. The van der Waals surface area contributed by atoms with Gasteiger partial charge in [0.25, 0.3) is 0 Å². The normalized spacial score (nSPS) is 15.5. The van der Waals surface area contributed by atoms with Gasteiger partial charge in [-0.3, -0.25) is 0 Å². The molecule has 0 spiro atoms. The van der Waals surface area contributed by atoms with Gasteiger partial charge in [-0.25, -0.2) is 9.59 Å². The number of carboxylic acids is 2. The summed E-state index contributed by atoms with van der Waals surface area (Å²) in [5, 5.41) is 18.3. The van der Waals surface area contributed by atoms with Crippen LogP contribution < -0.4 is 0 Å². The van der Waals surface area contributed by atoms with Gasteiger partial charge >= 0.3 is 11.9 Å². The van der Waals surface area contributed by atoms with Crippen molar-refractivity contribution in [3.63, 3.8) is 0 Å². The Hall–Kier alpha value is -1.84. The van der Waals surface area contributed by atoms with Gasteiger partial charge in [0.05, 0.1) is 11.1 Å². The molecule has 4 nitrogen and oxygen atoms in total. The minimum absolute atomic E-state index is 0.382. The number of benzene rings is 1. The average Bonchev–Trinajstić information content (AvgIpc) is 2.10. The van der Waals surface area contributed by atoms with Crippen LogP contribution >= 0.6 is 0 Å². The van der Waals surface area contributed by atoms with Gasteiger partial charge in [0, 0.05) is 0 Å². The van der Waals surface area contributed by atoms with E-state index in [2.05, 4.69) is 0 Å². The van der Waals surface area contributed by atoms with Crippen LogP contribution in [0.4, 0.5) is 0 Å². The van der Waals surface area contributed by atoms with Gasteiger partial charge in [-0.1, -0.05) is 0 Å². The molecule has 0 saturated carbocycles. The summed E-state index contributed by atoms with van der Waals surface area (Å²) >= 11 is 0. The molecule has 0 aliphatic heterocycles. The number of carboxylic acid groups (broad SMARTS) is 2. The van der Waals surface area contributed by atoms with Crippen molar-refractivity contribution in [2.24, 2.45) is 0 Å². The lowest BCUT2D eigenvalue weighted by Crippen LogP contribution is -2.29. The van der Waals surface area contributed by atoms with Crippen molar-refractivity contribution in [1.82, 2.24) is 0 Å². The summed E-state index contributed by atoms with van der Waals surface area (Å²) in [6, 6.07) is 0. The number of hydrogen-bond acceptors (Lipinski definition) is 2. The van der Waals surface area contributed by atoms with Crippen molar-refractivity contribution < 1.29 is 19.8 Å². The Morgan fingerprint density at radius 2 is 0.938 bits per heavy atom. The Kier molecular flexibility index (Phi) is 1.67. The van der Waals surface area contributed by atoms with E-state index >= 15 is 0 Å². The van der Waals surface area contributed by atoms with Crippen molar-refractivity contribution in [3.8, 4) is 0 Å². The molecule has 0 aromatic heterocycles. The second-order valence-corrected chi connectivity index (χ2v) is 4.27. The van der Waals surface area contributed by atoms with Crippen LogP contribution in [-0.4, -0.2) is 22.2 Å². The quantitative estimate of drug-likeness (QED) is 0.784. The van der Waals surface area contributed by atoms with Crippen LogP contribution in [0.5, 0.6) is 0 Å². The minimum Gasteiger partial charge on any atom is -0.478 e. The molecular formula is C12H10O4. The molecule has 0 amide bonds. The van der Waals surface area contributed by atoms with Crippen LogP contribution in [0, 0.1) is 0 Å². The molecule has 0 heterocycles. The number of carbonyl (C=O) groups is 2. The van der Waals surface area contributed by atoms with Gasteiger partial charge in [-0.15, -0.1) is 0 Å². The predicted molar refractivity (Wildman–Crippen MR) is 55.2 cm³/mol. The molecule has 1 aromatic rings. The van der Waals surface area contributed by atoms with Crippen molar-refractivity contribution in [2.75, 3.05) is 0 Å². The Labute approximate surface area is 91.5 Å². The maximum absolute atomic E-state index is 11.1. The second kappa shape index (κ2) is 2.84. The lowest BCUT2D eigenvalue weighted by molar-refractivity contribution is 0.0673. The Morgan fingerprint density at radius 3 is 1.06 bits per heavy atom. The van der Waals surface area contributed by atoms with Crippen LogP contribution in [0.15, 0.2) is 0 Å². The maximum Gasteiger partial charge on any atom is 0.336 e. The summed E-state index contributed by atoms with van der Waals surface area (Å²) in [4.78, 5) is 22.3. The topological polar surface area (TPSA) is 74.6 Å². The minimum atomic E-state index is -0.913. The molecule has 0 atom stereocenters. The molecule has 2 N–H and O–H groups in total. The first kappa shape index (κ1) is 9.39. The molecule has 82 valence electrons. The third-order valence-electron chi connectivity index (χ3n) is 3.61. The first-order chi connectivity index (χ1) is 7.61. The van der Waals surface area contributed by atoms with Crippen LogP contribution in [0.25, 0.3) is 0 Å². The van der Waals surface area contributed by atoms with Gasteiger partial charge < -0.3 is 10.2 Å². The summed E-state index contributed by atoms with van der Waals surface area (Å²) in [5.74, 6) is -1.83. The number of rotatable bonds is 2. The van der Waals surface area contributed by atoms with E-state index < -0.39 is 11.9 Å². The molecule has 2 aliphatic rings. The fourth-order valence-corrected chi connectivity index (χ4v) is 2.73. The number of fused-ring (bicyclic) bond motifs is 2. The van der Waals surface area contributed by atoms with E-state index in [0.717, 1.165) is 22.3 Å². The van der Waals surface area contributed by atoms with Gasteiger partial charge in [-0.2, -0.15) is 0 Å². The summed E-state index contributed by atoms with van der Waals surface area (Å²) < 4.78 is 0. The summed E-state index contributed by atoms with van der Waals surface area (Å²) in [6.45, 7) is 0. The molecule has 16 heavy (non-hydrogen) atoms. The monoisotopic (exact) mass is 218 g/mol. The predicted octanol–water partition coefficient (Wildman–Crippen LogP) is 1.28. The van der Waals surface area contributed by atoms with Crippen molar-refractivity contribution in [1.29, 1.82) is 0 Å². The Balaban J connectivity index is 2.35. The lowest BCUT2D eigenvalue weighted by Gasteiger charge is -2.33. The van der Waals surface area contributed by atoms with E-state index in [0.29, 0.717) is 36.8 Å². The zero-order chi connectivity index (χ0) is 11.4. The highest BCUT2D eigenvalue weighted by molar-refractivity contribution is 6.00. The molecule has 4 heteroatoms. The first-order valence-electron chi connectivity index (χ1n) is 5.27. The van der Waals surface area contributed by atoms with Gasteiger partial charge in [0.2, 0.25) is 0 Å². The van der Waals surface area contributed by atoms with E-state index in [1.54, 1.807) is 0 Å². The molecule has 2 aliphatic carbocycles. The molecule has 0 fully saturated rings. The number of hydrogen-bond donors (Lipinski definition) is 2. The molecule has 0 bridgehead atoms. The number of aromatic carboxylic acids is 2. The molecular weight excluding hydrogens is 208 g/mol. The molecule has 0 unspecified atom stereocenters.